The zero-order valence-electron chi connectivity index (χ0n) is 17.1. The fourth-order valence-corrected chi connectivity index (χ4v) is 3.74. The number of benzene rings is 2. The van der Waals surface area contributed by atoms with Crippen molar-refractivity contribution in [2.45, 2.75) is 4.90 Å². The van der Waals surface area contributed by atoms with Crippen molar-refractivity contribution in [3.8, 4) is 17.2 Å². The molecule has 0 aliphatic rings. The van der Waals surface area contributed by atoms with Gasteiger partial charge in [-0.05, 0) is 42.5 Å². The van der Waals surface area contributed by atoms with Gasteiger partial charge in [-0.15, -0.1) is 0 Å². The maximum atomic E-state index is 12.6. The molecule has 3 rings (SSSR count). The molecule has 3 aromatic rings. The first kappa shape index (κ1) is 21.9. The molecule has 1 heterocycles. The lowest BCUT2D eigenvalue weighted by molar-refractivity contribution is 0.102. The molecule has 0 atom stereocenters. The molecule has 1 aromatic heterocycles. The van der Waals surface area contributed by atoms with Gasteiger partial charge in [-0.25, -0.2) is 8.42 Å². The van der Waals surface area contributed by atoms with Gasteiger partial charge in [0.2, 0.25) is 0 Å². The Labute approximate surface area is 180 Å². The Morgan fingerprint density at radius 2 is 1.55 bits per heavy atom. The zero-order chi connectivity index (χ0) is 22.4. The first-order valence-electron chi connectivity index (χ1n) is 9.01. The molecule has 0 fully saturated rings. The van der Waals surface area contributed by atoms with Gasteiger partial charge in [0, 0.05) is 18.0 Å². The standard InChI is InChI=1S/C21H21N3O6S/c1-28-17-5-7-18(8-6-17)31(26,27)24-16-10-14(12-22-13-16)21(25)23-15-4-9-19(29-2)20(11-15)30-3/h4-13,24H,1-3H3,(H,23,25). The fraction of sp³-hybridized carbons (Fsp3) is 0.143. The number of carbonyl (C=O) groups excluding carboxylic acids is 1. The monoisotopic (exact) mass is 443 g/mol. The Morgan fingerprint density at radius 3 is 2.19 bits per heavy atom. The lowest BCUT2D eigenvalue weighted by Gasteiger charge is -2.12. The third-order valence-electron chi connectivity index (χ3n) is 4.26. The molecule has 0 saturated heterocycles. The molecular formula is C21H21N3O6S. The third-order valence-corrected chi connectivity index (χ3v) is 5.66. The number of anilines is 2. The molecule has 0 unspecified atom stereocenters. The highest BCUT2D eigenvalue weighted by Gasteiger charge is 2.16. The van der Waals surface area contributed by atoms with Gasteiger partial charge in [-0.3, -0.25) is 14.5 Å². The Bertz CT molecular complexity index is 1180. The smallest absolute Gasteiger partial charge is 0.261 e. The third kappa shape index (κ3) is 5.23. The summed E-state index contributed by atoms with van der Waals surface area (Å²) >= 11 is 0. The number of rotatable bonds is 8. The summed E-state index contributed by atoms with van der Waals surface area (Å²) in [5.41, 5.74) is 0.798. The molecule has 162 valence electrons. The van der Waals surface area contributed by atoms with Gasteiger partial charge >= 0.3 is 0 Å². The van der Waals surface area contributed by atoms with Crippen LogP contribution in [0.1, 0.15) is 10.4 Å². The van der Waals surface area contributed by atoms with Crippen LogP contribution in [-0.4, -0.2) is 40.6 Å². The highest BCUT2D eigenvalue weighted by molar-refractivity contribution is 7.92. The van der Waals surface area contributed by atoms with Gasteiger partial charge in [0.05, 0.1) is 43.7 Å². The van der Waals surface area contributed by atoms with E-state index in [1.807, 2.05) is 0 Å². The quantitative estimate of drug-likeness (QED) is 0.549. The Balaban J connectivity index is 1.77. The topological polar surface area (TPSA) is 116 Å². The lowest BCUT2D eigenvalue weighted by atomic mass is 10.2. The van der Waals surface area contributed by atoms with E-state index in [9.17, 15) is 13.2 Å². The van der Waals surface area contributed by atoms with Crippen LogP contribution in [0, 0.1) is 0 Å². The van der Waals surface area contributed by atoms with Gasteiger partial charge in [0.25, 0.3) is 15.9 Å². The van der Waals surface area contributed by atoms with E-state index < -0.39 is 15.9 Å². The van der Waals surface area contributed by atoms with Crippen molar-refractivity contribution >= 4 is 27.3 Å². The summed E-state index contributed by atoms with van der Waals surface area (Å²) < 4.78 is 43.0. The summed E-state index contributed by atoms with van der Waals surface area (Å²) in [5, 5.41) is 2.71. The number of carbonyl (C=O) groups is 1. The van der Waals surface area contributed by atoms with Crippen molar-refractivity contribution in [2.75, 3.05) is 31.4 Å². The first-order chi connectivity index (χ1) is 14.9. The van der Waals surface area contributed by atoms with E-state index >= 15 is 0 Å². The molecule has 0 aliphatic carbocycles. The molecule has 0 bridgehead atoms. The summed E-state index contributed by atoms with van der Waals surface area (Å²) in [4.78, 5) is 16.6. The minimum atomic E-state index is -3.86. The molecule has 0 spiro atoms. The number of hydrogen-bond acceptors (Lipinski definition) is 7. The van der Waals surface area contributed by atoms with Crippen molar-refractivity contribution in [1.82, 2.24) is 4.98 Å². The van der Waals surface area contributed by atoms with E-state index in [0.29, 0.717) is 22.9 Å². The van der Waals surface area contributed by atoms with Crippen LogP contribution in [-0.2, 0) is 10.0 Å². The lowest BCUT2D eigenvalue weighted by Crippen LogP contribution is -2.15. The van der Waals surface area contributed by atoms with E-state index in [0.717, 1.165) is 0 Å². The fourth-order valence-electron chi connectivity index (χ4n) is 2.71. The van der Waals surface area contributed by atoms with E-state index in [-0.39, 0.29) is 16.1 Å². The van der Waals surface area contributed by atoms with Crippen LogP contribution in [0.25, 0.3) is 0 Å². The number of nitrogens with zero attached hydrogens (tertiary/aromatic N) is 1. The molecule has 0 radical (unpaired) electrons. The Morgan fingerprint density at radius 1 is 0.839 bits per heavy atom. The maximum Gasteiger partial charge on any atom is 0.261 e. The van der Waals surface area contributed by atoms with Crippen LogP contribution < -0.4 is 24.2 Å². The molecule has 31 heavy (non-hydrogen) atoms. The van der Waals surface area contributed by atoms with Crippen LogP contribution in [0.15, 0.2) is 65.8 Å². The van der Waals surface area contributed by atoms with Crippen LogP contribution in [0.3, 0.4) is 0 Å². The summed E-state index contributed by atoms with van der Waals surface area (Å²) in [6.45, 7) is 0. The number of nitrogens with one attached hydrogen (secondary N) is 2. The van der Waals surface area contributed by atoms with Crippen LogP contribution in [0.2, 0.25) is 0 Å². The van der Waals surface area contributed by atoms with E-state index in [1.54, 1.807) is 30.3 Å². The second-order valence-electron chi connectivity index (χ2n) is 6.27. The second kappa shape index (κ2) is 9.35. The average Bonchev–Trinajstić information content (AvgIpc) is 2.78. The second-order valence-corrected chi connectivity index (χ2v) is 7.95. The van der Waals surface area contributed by atoms with E-state index in [4.69, 9.17) is 14.2 Å². The number of pyridine rings is 1. The minimum absolute atomic E-state index is 0.0495. The van der Waals surface area contributed by atoms with Crippen molar-refractivity contribution in [3.63, 3.8) is 0 Å². The number of hydrogen-bond donors (Lipinski definition) is 2. The highest BCUT2D eigenvalue weighted by Crippen LogP contribution is 2.30. The molecule has 0 saturated carbocycles. The van der Waals surface area contributed by atoms with Crippen molar-refractivity contribution in [3.05, 3.63) is 66.5 Å². The van der Waals surface area contributed by atoms with Crippen LogP contribution >= 0.6 is 0 Å². The summed E-state index contributed by atoms with van der Waals surface area (Å²) in [6.07, 6.45) is 2.65. The molecule has 10 heteroatoms. The van der Waals surface area contributed by atoms with Gasteiger partial charge in [0.1, 0.15) is 5.75 Å². The van der Waals surface area contributed by atoms with Crippen LogP contribution in [0.5, 0.6) is 17.2 Å². The molecule has 0 aliphatic heterocycles. The van der Waals surface area contributed by atoms with Crippen molar-refractivity contribution < 1.29 is 27.4 Å². The van der Waals surface area contributed by atoms with Crippen LogP contribution in [0.4, 0.5) is 11.4 Å². The molecule has 2 N–H and O–H groups in total. The first-order valence-corrected chi connectivity index (χ1v) is 10.5. The SMILES string of the molecule is COc1ccc(S(=O)(=O)Nc2cncc(C(=O)Nc3ccc(OC)c(OC)c3)c2)cc1. The van der Waals surface area contributed by atoms with Crippen molar-refractivity contribution in [1.29, 1.82) is 0 Å². The largest absolute Gasteiger partial charge is 0.497 e. The summed E-state index contributed by atoms with van der Waals surface area (Å²) in [7, 11) is 0.634. The molecule has 1 amide bonds. The average molecular weight is 443 g/mol. The molecular weight excluding hydrogens is 422 g/mol. The van der Waals surface area contributed by atoms with Crippen molar-refractivity contribution in [2.24, 2.45) is 0 Å². The minimum Gasteiger partial charge on any atom is -0.497 e. The number of sulfonamides is 1. The van der Waals surface area contributed by atoms with Gasteiger partial charge in [-0.1, -0.05) is 0 Å². The Hall–Kier alpha value is -3.79. The van der Waals surface area contributed by atoms with E-state index in [1.165, 1.54) is 51.9 Å². The summed E-state index contributed by atoms with van der Waals surface area (Å²) in [6, 6.07) is 12.2. The summed E-state index contributed by atoms with van der Waals surface area (Å²) in [5.74, 6) is 1.05. The van der Waals surface area contributed by atoms with Gasteiger partial charge in [-0.2, -0.15) is 0 Å². The van der Waals surface area contributed by atoms with E-state index in [2.05, 4.69) is 15.0 Å². The maximum absolute atomic E-state index is 12.6. The highest BCUT2D eigenvalue weighted by atomic mass is 32.2. The number of aromatic nitrogens is 1. The number of amides is 1. The normalized spacial score (nSPS) is 10.8. The predicted molar refractivity (Wildman–Crippen MR) is 116 cm³/mol. The number of methoxy groups -OCH3 is 3. The molecule has 9 nitrogen and oxygen atoms in total. The zero-order valence-corrected chi connectivity index (χ0v) is 17.9. The Kier molecular flexibility index (Phi) is 6.61. The number of ether oxygens (including phenoxy) is 3. The van der Waals surface area contributed by atoms with Gasteiger partial charge < -0.3 is 19.5 Å². The van der Waals surface area contributed by atoms with Gasteiger partial charge in [0.15, 0.2) is 11.5 Å². The molecule has 2 aromatic carbocycles. The predicted octanol–water partition coefficient (Wildman–Crippen LogP) is 3.16.